The number of aromatic nitrogens is 3. The second kappa shape index (κ2) is 4.17. The van der Waals surface area contributed by atoms with Crippen molar-refractivity contribution in [3.8, 4) is 5.69 Å². The summed E-state index contributed by atoms with van der Waals surface area (Å²) >= 11 is 3.44. The molecular formula is C15H12BrN3. The van der Waals surface area contributed by atoms with Crippen molar-refractivity contribution in [1.29, 1.82) is 0 Å². The van der Waals surface area contributed by atoms with E-state index in [1.54, 1.807) is 6.33 Å². The summed E-state index contributed by atoms with van der Waals surface area (Å²) in [6.07, 6.45) is 4.38. The average molecular weight is 314 g/mol. The molecule has 3 nitrogen and oxygen atoms in total. The summed E-state index contributed by atoms with van der Waals surface area (Å²) in [6, 6.07) is 13.0. The first-order valence-corrected chi connectivity index (χ1v) is 7.21. The molecule has 0 radical (unpaired) electrons. The molecule has 1 fully saturated rings. The SMILES string of the molecule is Brc1nncn1-c1ccc(C2CC2)c2ccccc12. The highest BCUT2D eigenvalue weighted by Gasteiger charge is 2.25. The van der Waals surface area contributed by atoms with Gasteiger partial charge in [0.15, 0.2) is 0 Å². The molecule has 4 heteroatoms. The van der Waals surface area contributed by atoms with E-state index in [2.05, 4.69) is 62.5 Å². The smallest absolute Gasteiger partial charge is 0.204 e. The molecule has 0 unspecified atom stereocenters. The fraction of sp³-hybridized carbons (Fsp3) is 0.200. The molecule has 1 heterocycles. The maximum Gasteiger partial charge on any atom is 0.204 e. The van der Waals surface area contributed by atoms with Crippen LogP contribution in [0.3, 0.4) is 0 Å². The summed E-state index contributed by atoms with van der Waals surface area (Å²) < 4.78 is 2.70. The maximum atomic E-state index is 4.00. The molecule has 1 aromatic heterocycles. The molecule has 4 rings (SSSR count). The Bertz CT molecular complexity index is 759. The number of halogens is 1. The van der Waals surface area contributed by atoms with Crippen LogP contribution < -0.4 is 0 Å². The highest BCUT2D eigenvalue weighted by atomic mass is 79.9. The van der Waals surface area contributed by atoms with E-state index >= 15 is 0 Å². The van der Waals surface area contributed by atoms with Crippen LogP contribution >= 0.6 is 15.9 Å². The monoisotopic (exact) mass is 313 g/mol. The van der Waals surface area contributed by atoms with Gasteiger partial charge in [-0.1, -0.05) is 30.3 Å². The Hall–Kier alpha value is -1.68. The van der Waals surface area contributed by atoms with Gasteiger partial charge >= 0.3 is 0 Å². The van der Waals surface area contributed by atoms with Gasteiger partial charge in [0, 0.05) is 5.39 Å². The summed E-state index contributed by atoms with van der Waals surface area (Å²) in [5.41, 5.74) is 2.60. The number of nitrogens with zero attached hydrogens (tertiary/aromatic N) is 3. The lowest BCUT2D eigenvalue weighted by molar-refractivity contribution is 1.02. The molecule has 1 aliphatic rings. The molecule has 0 amide bonds. The van der Waals surface area contributed by atoms with E-state index in [4.69, 9.17) is 0 Å². The lowest BCUT2D eigenvalue weighted by Gasteiger charge is -2.11. The quantitative estimate of drug-likeness (QED) is 0.714. The first kappa shape index (κ1) is 11.2. The Kier molecular flexibility index (Phi) is 2.45. The van der Waals surface area contributed by atoms with Crippen molar-refractivity contribution in [2.75, 3.05) is 0 Å². The predicted molar refractivity (Wildman–Crippen MR) is 78.5 cm³/mol. The first-order valence-electron chi connectivity index (χ1n) is 6.42. The van der Waals surface area contributed by atoms with E-state index in [-0.39, 0.29) is 0 Å². The zero-order valence-corrected chi connectivity index (χ0v) is 11.8. The van der Waals surface area contributed by atoms with Crippen LogP contribution in [0.1, 0.15) is 24.3 Å². The minimum absolute atomic E-state index is 0.733. The fourth-order valence-corrected chi connectivity index (χ4v) is 3.02. The van der Waals surface area contributed by atoms with Gasteiger partial charge in [0.25, 0.3) is 0 Å². The van der Waals surface area contributed by atoms with Crippen LogP contribution in [-0.4, -0.2) is 14.8 Å². The number of benzene rings is 2. The average Bonchev–Trinajstić information content (AvgIpc) is 3.20. The number of rotatable bonds is 2. The Labute approximate surface area is 119 Å². The van der Waals surface area contributed by atoms with Crippen molar-refractivity contribution in [2.24, 2.45) is 0 Å². The van der Waals surface area contributed by atoms with Crippen molar-refractivity contribution in [3.05, 3.63) is 53.0 Å². The van der Waals surface area contributed by atoms with Gasteiger partial charge in [0.1, 0.15) is 6.33 Å². The first-order chi connectivity index (χ1) is 9.34. The molecule has 0 aliphatic heterocycles. The Balaban J connectivity index is 2.03. The maximum absolute atomic E-state index is 4.00. The predicted octanol–water partition coefficient (Wildman–Crippen LogP) is 4.06. The van der Waals surface area contributed by atoms with Crippen molar-refractivity contribution < 1.29 is 0 Å². The van der Waals surface area contributed by atoms with E-state index in [0.717, 1.165) is 16.3 Å². The van der Waals surface area contributed by atoms with Crippen molar-refractivity contribution >= 4 is 26.7 Å². The van der Waals surface area contributed by atoms with Crippen LogP contribution in [0.4, 0.5) is 0 Å². The van der Waals surface area contributed by atoms with Crippen molar-refractivity contribution in [3.63, 3.8) is 0 Å². The summed E-state index contributed by atoms with van der Waals surface area (Å²) in [5.74, 6) is 0.753. The largest absolute Gasteiger partial charge is 0.276 e. The third-order valence-corrected chi connectivity index (χ3v) is 4.26. The summed E-state index contributed by atoms with van der Waals surface area (Å²) in [5, 5.41) is 10.5. The van der Waals surface area contributed by atoms with Gasteiger partial charge in [-0.2, -0.15) is 0 Å². The Morgan fingerprint density at radius 3 is 2.53 bits per heavy atom. The lowest BCUT2D eigenvalue weighted by Crippen LogP contribution is -1.96. The summed E-state index contributed by atoms with van der Waals surface area (Å²) in [7, 11) is 0. The topological polar surface area (TPSA) is 30.7 Å². The molecule has 0 atom stereocenters. The van der Waals surface area contributed by atoms with Crippen LogP contribution in [0.25, 0.3) is 16.5 Å². The van der Waals surface area contributed by atoms with Crippen LogP contribution in [0.15, 0.2) is 47.5 Å². The normalized spacial score (nSPS) is 15.0. The second-order valence-corrected chi connectivity index (χ2v) is 5.67. The molecule has 2 aromatic carbocycles. The van der Waals surface area contributed by atoms with Gasteiger partial charge in [-0.3, -0.25) is 4.57 Å². The molecule has 19 heavy (non-hydrogen) atoms. The molecule has 0 saturated heterocycles. The van der Waals surface area contributed by atoms with Gasteiger partial charge in [-0.25, -0.2) is 0 Å². The highest BCUT2D eigenvalue weighted by Crippen LogP contribution is 2.44. The molecule has 1 saturated carbocycles. The van der Waals surface area contributed by atoms with Crippen molar-refractivity contribution in [2.45, 2.75) is 18.8 Å². The zero-order chi connectivity index (χ0) is 12.8. The van der Waals surface area contributed by atoms with Gasteiger partial charge < -0.3 is 0 Å². The van der Waals surface area contributed by atoms with E-state index < -0.39 is 0 Å². The third kappa shape index (κ3) is 1.78. The minimum Gasteiger partial charge on any atom is -0.276 e. The summed E-state index contributed by atoms with van der Waals surface area (Å²) in [4.78, 5) is 0. The van der Waals surface area contributed by atoms with Crippen LogP contribution in [0, 0.1) is 0 Å². The molecule has 0 N–H and O–H groups in total. The zero-order valence-electron chi connectivity index (χ0n) is 10.3. The molecule has 1 aliphatic carbocycles. The number of hydrogen-bond acceptors (Lipinski definition) is 2. The van der Waals surface area contributed by atoms with Crippen molar-refractivity contribution in [1.82, 2.24) is 14.8 Å². The van der Waals surface area contributed by atoms with Gasteiger partial charge in [0.2, 0.25) is 4.73 Å². The molecule has 94 valence electrons. The molecule has 0 bridgehead atoms. The van der Waals surface area contributed by atoms with Gasteiger partial charge in [-0.15, -0.1) is 10.2 Å². The third-order valence-electron chi connectivity index (χ3n) is 3.72. The Morgan fingerprint density at radius 1 is 1.05 bits per heavy atom. The molecular weight excluding hydrogens is 302 g/mol. The second-order valence-electron chi connectivity index (χ2n) is 4.96. The van der Waals surface area contributed by atoms with Gasteiger partial charge in [-0.05, 0) is 51.7 Å². The highest BCUT2D eigenvalue weighted by molar-refractivity contribution is 9.10. The molecule has 3 aromatic rings. The molecule has 0 spiro atoms. The Morgan fingerprint density at radius 2 is 1.84 bits per heavy atom. The van der Waals surface area contributed by atoms with E-state index in [1.807, 2.05) is 4.57 Å². The summed E-state index contributed by atoms with van der Waals surface area (Å²) in [6.45, 7) is 0. The van der Waals surface area contributed by atoms with Gasteiger partial charge in [0.05, 0.1) is 5.69 Å². The van der Waals surface area contributed by atoms with Crippen LogP contribution in [-0.2, 0) is 0 Å². The standard InChI is InChI=1S/C15H12BrN3/c16-15-18-17-9-19(15)14-8-7-11(10-5-6-10)12-3-1-2-4-13(12)14/h1-4,7-10H,5-6H2. The van der Waals surface area contributed by atoms with Crippen LogP contribution in [0.5, 0.6) is 0 Å². The van der Waals surface area contributed by atoms with E-state index in [0.29, 0.717) is 0 Å². The number of fused-ring (bicyclic) bond motifs is 1. The fourth-order valence-electron chi connectivity index (χ4n) is 2.65. The van der Waals surface area contributed by atoms with E-state index in [9.17, 15) is 0 Å². The van der Waals surface area contributed by atoms with Crippen LogP contribution in [0.2, 0.25) is 0 Å². The van der Waals surface area contributed by atoms with E-state index in [1.165, 1.54) is 29.2 Å². The number of hydrogen-bond donors (Lipinski definition) is 0. The lowest BCUT2D eigenvalue weighted by atomic mass is 9.99. The minimum atomic E-state index is 0.733.